The van der Waals surface area contributed by atoms with Crippen LogP contribution in [0.1, 0.15) is 24.6 Å². The van der Waals surface area contributed by atoms with Gasteiger partial charge in [0.25, 0.3) is 10.0 Å². The fourth-order valence-corrected chi connectivity index (χ4v) is 5.29. The summed E-state index contributed by atoms with van der Waals surface area (Å²) in [6.07, 6.45) is 2.05. The predicted molar refractivity (Wildman–Crippen MR) is 74.2 cm³/mol. The maximum absolute atomic E-state index is 12.4. The Bertz CT molecular complexity index is 496. The summed E-state index contributed by atoms with van der Waals surface area (Å²) in [5.74, 6) is 0.525. The highest BCUT2D eigenvalue weighted by molar-refractivity contribution is 7.91. The highest BCUT2D eigenvalue weighted by Crippen LogP contribution is 2.29. The van der Waals surface area contributed by atoms with E-state index in [0.29, 0.717) is 23.2 Å². The lowest BCUT2D eigenvalue weighted by molar-refractivity contribution is 0.454. The lowest BCUT2D eigenvalue weighted by Gasteiger charge is -2.14. The molecule has 1 unspecified atom stereocenters. The second-order valence-electron chi connectivity index (χ2n) is 4.68. The SMILES string of the molecule is CCC1CCN(S(=O)(=O)c2ccc(CNC)s2)C1. The third kappa shape index (κ3) is 2.77. The number of nitrogens with zero attached hydrogens (tertiary/aromatic N) is 1. The number of sulfonamides is 1. The Morgan fingerprint density at radius 1 is 1.50 bits per heavy atom. The van der Waals surface area contributed by atoms with Gasteiger partial charge in [-0.25, -0.2) is 8.42 Å². The first-order valence-corrected chi connectivity index (χ1v) is 8.57. The van der Waals surface area contributed by atoms with E-state index in [1.54, 1.807) is 10.4 Å². The maximum Gasteiger partial charge on any atom is 0.252 e. The largest absolute Gasteiger partial charge is 0.315 e. The third-order valence-corrected chi connectivity index (χ3v) is 6.83. The van der Waals surface area contributed by atoms with Crippen molar-refractivity contribution in [1.29, 1.82) is 0 Å². The molecule has 0 radical (unpaired) electrons. The van der Waals surface area contributed by atoms with E-state index in [2.05, 4.69) is 12.2 Å². The highest BCUT2D eigenvalue weighted by Gasteiger charge is 2.32. The molecule has 0 bridgehead atoms. The summed E-state index contributed by atoms with van der Waals surface area (Å²) in [6, 6.07) is 3.62. The number of hydrogen-bond acceptors (Lipinski definition) is 4. The van der Waals surface area contributed by atoms with Crippen LogP contribution in [0.3, 0.4) is 0 Å². The van der Waals surface area contributed by atoms with E-state index < -0.39 is 10.0 Å². The van der Waals surface area contributed by atoms with Crippen molar-refractivity contribution in [2.24, 2.45) is 5.92 Å². The van der Waals surface area contributed by atoms with Gasteiger partial charge in [-0.2, -0.15) is 4.31 Å². The van der Waals surface area contributed by atoms with Gasteiger partial charge in [0.15, 0.2) is 0 Å². The minimum Gasteiger partial charge on any atom is -0.315 e. The van der Waals surface area contributed by atoms with Crippen molar-refractivity contribution in [1.82, 2.24) is 9.62 Å². The average molecular weight is 288 g/mol. The van der Waals surface area contributed by atoms with Gasteiger partial charge in [-0.05, 0) is 31.5 Å². The Hall–Kier alpha value is -0.430. The molecule has 2 rings (SSSR count). The summed E-state index contributed by atoms with van der Waals surface area (Å²) in [5, 5.41) is 3.04. The summed E-state index contributed by atoms with van der Waals surface area (Å²) in [4.78, 5) is 1.06. The van der Waals surface area contributed by atoms with E-state index >= 15 is 0 Å². The van der Waals surface area contributed by atoms with Gasteiger partial charge in [-0.15, -0.1) is 11.3 Å². The quantitative estimate of drug-likeness (QED) is 0.900. The first kappa shape index (κ1) is 14.0. The van der Waals surface area contributed by atoms with Crippen LogP contribution in [0.5, 0.6) is 0 Å². The molecule has 2 heterocycles. The zero-order chi connectivity index (χ0) is 13.2. The summed E-state index contributed by atoms with van der Waals surface area (Å²) >= 11 is 1.37. The van der Waals surface area contributed by atoms with E-state index in [-0.39, 0.29) is 0 Å². The molecule has 18 heavy (non-hydrogen) atoms. The molecular weight excluding hydrogens is 268 g/mol. The molecule has 1 atom stereocenters. The van der Waals surface area contributed by atoms with Gasteiger partial charge in [0, 0.05) is 24.5 Å². The molecule has 1 saturated heterocycles. The Kier molecular flexibility index (Phi) is 4.42. The zero-order valence-electron chi connectivity index (χ0n) is 10.8. The lowest BCUT2D eigenvalue weighted by atomic mass is 10.1. The topological polar surface area (TPSA) is 49.4 Å². The Labute approximate surface area is 113 Å². The van der Waals surface area contributed by atoms with Crippen LogP contribution in [0.4, 0.5) is 0 Å². The third-order valence-electron chi connectivity index (χ3n) is 3.41. The molecule has 4 nitrogen and oxygen atoms in total. The predicted octanol–water partition coefficient (Wildman–Crippen LogP) is 1.89. The number of thiophene rings is 1. The fourth-order valence-electron chi connectivity index (χ4n) is 2.24. The van der Waals surface area contributed by atoms with Gasteiger partial charge >= 0.3 is 0 Å². The molecule has 1 fully saturated rings. The van der Waals surface area contributed by atoms with Gasteiger partial charge in [0.1, 0.15) is 4.21 Å². The van der Waals surface area contributed by atoms with Crippen LogP contribution in [0, 0.1) is 5.92 Å². The molecule has 1 aliphatic heterocycles. The average Bonchev–Trinajstić information content (AvgIpc) is 2.98. The Morgan fingerprint density at radius 2 is 2.28 bits per heavy atom. The van der Waals surface area contributed by atoms with Crippen molar-refractivity contribution in [3.8, 4) is 0 Å². The van der Waals surface area contributed by atoms with Crippen LogP contribution in [0.15, 0.2) is 16.3 Å². The molecule has 1 aromatic rings. The molecule has 1 N–H and O–H groups in total. The second-order valence-corrected chi connectivity index (χ2v) is 8.01. The normalized spacial score (nSPS) is 21.6. The molecule has 0 aromatic carbocycles. The highest BCUT2D eigenvalue weighted by atomic mass is 32.2. The van der Waals surface area contributed by atoms with E-state index in [4.69, 9.17) is 0 Å². The minimum absolute atomic E-state index is 0.476. The first-order chi connectivity index (χ1) is 8.57. The second kappa shape index (κ2) is 5.69. The molecule has 1 aromatic heterocycles. The fraction of sp³-hybridized carbons (Fsp3) is 0.667. The molecule has 0 aliphatic carbocycles. The minimum atomic E-state index is -3.26. The van der Waals surface area contributed by atoms with Gasteiger partial charge in [-0.3, -0.25) is 0 Å². The van der Waals surface area contributed by atoms with Crippen molar-refractivity contribution < 1.29 is 8.42 Å². The smallest absolute Gasteiger partial charge is 0.252 e. The number of nitrogens with one attached hydrogen (secondary N) is 1. The summed E-state index contributed by atoms with van der Waals surface area (Å²) < 4.78 is 27.0. The lowest BCUT2D eigenvalue weighted by Crippen LogP contribution is -2.28. The molecule has 0 saturated carbocycles. The van der Waals surface area contributed by atoms with Crippen molar-refractivity contribution in [3.05, 3.63) is 17.0 Å². The van der Waals surface area contributed by atoms with Crippen molar-refractivity contribution >= 4 is 21.4 Å². The zero-order valence-corrected chi connectivity index (χ0v) is 12.5. The summed E-state index contributed by atoms with van der Waals surface area (Å²) in [7, 11) is -1.39. The monoisotopic (exact) mass is 288 g/mol. The number of rotatable bonds is 5. The first-order valence-electron chi connectivity index (χ1n) is 6.31. The van der Waals surface area contributed by atoms with E-state index in [9.17, 15) is 8.42 Å². The molecule has 0 spiro atoms. The van der Waals surface area contributed by atoms with Crippen LogP contribution < -0.4 is 5.32 Å². The standard InChI is InChI=1S/C12H20N2O2S2/c1-3-10-6-7-14(9-10)18(15,16)12-5-4-11(17-12)8-13-2/h4-5,10,13H,3,6-9H2,1-2H3. The van der Waals surface area contributed by atoms with E-state index in [1.165, 1.54) is 11.3 Å². The summed E-state index contributed by atoms with van der Waals surface area (Å²) in [6.45, 7) is 4.19. The van der Waals surface area contributed by atoms with Crippen LogP contribution in [0.25, 0.3) is 0 Å². The molecular formula is C12H20N2O2S2. The molecule has 0 amide bonds. The molecule has 6 heteroatoms. The Balaban J connectivity index is 2.15. The van der Waals surface area contributed by atoms with Crippen LogP contribution in [-0.4, -0.2) is 32.9 Å². The van der Waals surface area contributed by atoms with Crippen molar-refractivity contribution in [2.45, 2.75) is 30.5 Å². The summed E-state index contributed by atoms with van der Waals surface area (Å²) in [5.41, 5.74) is 0. The van der Waals surface area contributed by atoms with E-state index in [0.717, 1.165) is 24.3 Å². The van der Waals surface area contributed by atoms with Crippen LogP contribution >= 0.6 is 11.3 Å². The van der Waals surface area contributed by atoms with Crippen molar-refractivity contribution in [3.63, 3.8) is 0 Å². The van der Waals surface area contributed by atoms with Gasteiger partial charge in [-0.1, -0.05) is 13.3 Å². The van der Waals surface area contributed by atoms with Gasteiger partial charge in [0.2, 0.25) is 0 Å². The van der Waals surface area contributed by atoms with Gasteiger partial charge < -0.3 is 5.32 Å². The van der Waals surface area contributed by atoms with Crippen LogP contribution in [-0.2, 0) is 16.6 Å². The maximum atomic E-state index is 12.4. The van der Waals surface area contributed by atoms with Crippen LogP contribution in [0.2, 0.25) is 0 Å². The van der Waals surface area contributed by atoms with E-state index in [1.807, 2.05) is 13.1 Å². The van der Waals surface area contributed by atoms with Gasteiger partial charge in [0.05, 0.1) is 0 Å². The Morgan fingerprint density at radius 3 is 2.89 bits per heavy atom. The van der Waals surface area contributed by atoms with Crippen molar-refractivity contribution in [2.75, 3.05) is 20.1 Å². The molecule has 1 aliphatic rings. The molecule has 102 valence electrons. The number of hydrogen-bond donors (Lipinski definition) is 1.